The first-order valence-electron chi connectivity index (χ1n) is 16.1. The molecule has 8 rings (SSSR count). The van der Waals surface area contributed by atoms with Gasteiger partial charge in [-0.15, -0.1) is 0 Å². The van der Waals surface area contributed by atoms with Crippen LogP contribution in [0, 0.1) is 0 Å². The van der Waals surface area contributed by atoms with E-state index in [4.69, 9.17) is 15.0 Å². The summed E-state index contributed by atoms with van der Waals surface area (Å²) in [5.74, 6) is 1.89. The van der Waals surface area contributed by atoms with Crippen LogP contribution in [0.3, 0.4) is 0 Å². The number of rotatable bonds is 7. The Morgan fingerprint density at radius 3 is 0.979 bits per heavy atom. The van der Waals surface area contributed by atoms with Crippen LogP contribution in [0.5, 0.6) is 0 Å². The van der Waals surface area contributed by atoms with E-state index in [0.29, 0.717) is 17.5 Å². The van der Waals surface area contributed by atoms with Crippen molar-refractivity contribution in [3.8, 4) is 78.7 Å². The summed E-state index contributed by atoms with van der Waals surface area (Å²) in [5, 5.41) is 0. The lowest BCUT2D eigenvalue weighted by molar-refractivity contribution is 1.07. The highest BCUT2D eigenvalue weighted by Crippen LogP contribution is 2.39. The predicted octanol–water partition coefficient (Wildman–Crippen LogP) is 11.5. The second-order valence-corrected chi connectivity index (χ2v) is 11.6. The Morgan fingerprint density at radius 2 is 0.479 bits per heavy atom. The summed E-state index contributed by atoms with van der Waals surface area (Å²) in [6, 6.07) is 65.1. The summed E-state index contributed by atoms with van der Waals surface area (Å²) in [4.78, 5) is 15.5. The Morgan fingerprint density at radius 1 is 0.188 bits per heavy atom. The Balaban J connectivity index is 1.32. The third kappa shape index (κ3) is 5.81. The van der Waals surface area contributed by atoms with Gasteiger partial charge in [0, 0.05) is 16.7 Å². The average molecular weight is 614 g/mol. The van der Waals surface area contributed by atoms with Gasteiger partial charge in [0.15, 0.2) is 17.5 Å². The van der Waals surface area contributed by atoms with E-state index < -0.39 is 0 Å². The van der Waals surface area contributed by atoms with Gasteiger partial charge in [-0.25, -0.2) is 15.0 Å². The molecule has 226 valence electrons. The largest absolute Gasteiger partial charge is 0.208 e. The molecule has 0 spiro atoms. The van der Waals surface area contributed by atoms with Crippen LogP contribution in [-0.4, -0.2) is 15.0 Å². The maximum absolute atomic E-state index is 5.22. The first-order valence-corrected chi connectivity index (χ1v) is 16.1. The van der Waals surface area contributed by atoms with Crippen molar-refractivity contribution < 1.29 is 0 Å². The molecular weight excluding hydrogens is 583 g/mol. The number of benzene rings is 7. The van der Waals surface area contributed by atoms with Crippen LogP contribution < -0.4 is 0 Å². The lowest BCUT2D eigenvalue weighted by Gasteiger charge is -2.16. The maximum atomic E-state index is 5.22. The molecule has 48 heavy (non-hydrogen) atoms. The Hall–Kier alpha value is -6.45. The fourth-order valence-electron chi connectivity index (χ4n) is 6.24. The van der Waals surface area contributed by atoms with Crippen LogP contribution in [0.2, 0.25) is 0 Å². The summed E-state index contributed by atoms with van der Waals surface area (Å²) < 4.78 is 0. The molecular formula is C45H31N3. The minimum Gasteiger partial charge on any atom is -0.208 e. The van der Waals surface area contributed by atoms with Crippen LogP contribution in [0.4, 0.5) is 0 Å². The predicted molar refractivity (Wildman–Crippen MR) is 198 cm³/mol. The standard InChI is InChI=1S/C45H31N3/c1-4-16-32(17-5-1)33-28-30-36(31-29-33)43-46-44(41-26-14-11-23-38(41)35-20-8-3-9-21-35)48-45(47-43)42-27-15-13-25-40(42)39-24-12-10-22-37(39)34-18-6-2-7-19-34/h1-31H. The van der Waals surface area contributed by atoms with Crippen LogP contribution in [0.15, 0.2) is 188 Å². The molecule has 0 radical (unpaired) electrons. The van der Waals surface area contributed by atoms with E-state index in [2.05, 4.69) is 164 Å². The van der Waals surface area contributed by atoms with E-state index in [1.54, 1.807) is 0 Å². The quantitative estimate of drug-likeness (QED) is 0.179. The zero-order valence-corrected chi connectivity index (χ0v) is 26.2. The summed E-state index contributed by atoms with van der Waals surface area (Å²) in [7, 11) is 0. The molecule has 0 saturated heterocycles. The SMILES string of the molecule is c1ccc(-c2ccc(-c3nc(-c4ccccc4-c4ccccc4)nc(-c4ccccc4-c4ccccc4-c4ccccc4)n3)cc2)cc1. The highest BCUT2D eigenvalue weighted by molar-refractivity contribution is 5.91. The number of aromatic nitrogens is 3. The molecule has 0 bridgehead atoms. The van der Waals surface area contributed by atoms with E-state index >= 15 is 0 Å². The maximum Gasteiger partial charge on any atom is 0.164 e. The Labute approximate surface area is 280 Å². The molecule has 0 aliphatic rings. The van der Waals surface area contributed by atoms with Crippen molar-refractivity contribution in [3.63, 3.8) is 0 Å². The van der Waals surface area contributed by atoms with Crippen molar-refractivity contribution in [1.29, 1.82) is 0 Å². The van der Waals surface area contributed by atoms with Gasteiger partial charge in [0.2, 0.25) is 0 Å². The first kappa shape index (κ1) is 29.0. The van der Waals surface area contributed by atoms with Gasteiger partial charge in [0.25, 0.3) is 0 Å². The average Bonchev–Trinajstić information content (AvgIpc) is 3.19. The van der Waals surface area contributed by atoms with Gasteiger partial charge >= 0.3 is 0 Å². The highest BCUT2D eigenvalue weighted by Gasteiger charge is 2.19. The lowest BCUT2D eigenvalue weighted by Crippen LogP contribution is -2.02. The molecule has 1 aromatic heterocycles. The second kappa shape index (κ2) is 13.1. The topological polar surface area (TPSA) is 38.7 Å². The molecule has 0 N–H and O–H groups in total. The third-order valence-corrected chi connectivity index (χ3v) is 8.61. The summed E-state index contributed by atoms with van der Waals surface area (Å²) >= 11 is 0. The molecule has 3 heteroatoms. The monoisotopic (exact) mass is 613 g/mol. The van der Waals surface area contributed by atoms with Gasteiger partial charge in [-0.05, 0) is 44.5 Å². The summed E-state index contributed by atoms with van der Waals surface area (Å²) in [6.45, 7) is 0. The third-order valence-electron chi connectivity index (χ3n) is 8.61. The fraction of sp³-hybridized carbons (Fsp3) is 0. The van der Waals surface area contributed by atoms with E-state index in [1.807, 2.05) is 24.3 Å². The number of hydrogen-bond acceptors (Lipinski definition) is 3. The Bertz CT molecular complexity index is 2310. The summed E-state index contributed by atoms with van der Waals surface area (Å²) in [5.41, 5.74) is 11.8. The molecule has 0 aliphatic carbocycles. The van der Waals surface area contributed by atoms with Gasteiger partial charge in [0.1, 0.15) is 0 Å². The molecule has 0 atom stereocenters. The second-order valence-electron chi connectivity index (χ2n) is 11.6. The molecule has 7 aromatic carbocycles. The first-order chi connectivity index (χ1) is 23.8. The number of hydrogen-bond donors (Lipinski definition) is 0. The van der Waals surface area contributed by atoms with Crippen LogP contribution in [-0.2, 0) is 0 Å². The number of nitrogens with zero attached hydrogens (tertiary/aromatic N) is 3. The van der Waals surface area contributed by atoms with Crippen LogP contribution in [0.1, 0.15) is 0 Å². The minimum atomic E-state index is 0.628. The van der Waals surface area contributed by atoms with Crippen molar-refractivity contribution in [2.75, 3.05) is 0 Å². The van der Waals surface area contributed by atoms with Gasteiger partial charge < -0.3 is 0 Å². The normalized spacial score (nSPS) is 10.9. The molecule has 1 heterocycles. The zero-order valence-electron chi connectivity index (χ0n) is 26.2. The lowest BCUT2D eigenvalue weighted by atomic mass is 9.91. The molecule has 0 amide bonds. The van der Waals surface area contributed by atoms with Gasteiger partial charge in [-0.1, -0.05) is 188 Å². The van der Waals surface area contributed by atoms with E-state index in [1.165, 1.54) is 5.56 Å². The Kier molecular flexibility index (Phi) is 7.92. The molecule has 0 fully saturated rings. The van der Waals surface area contributed by atoms with Gasteiger partial charge in [-0.3, -0.25) is 0 Å². The van der Waals surface area contributed by atoms with E-state index in [0.717, 1.165) is 55.6 Å². The van der Waals surface area contributed by atoms with Crippen molar-refractivity contribution in [1.82, 2.24) is 15.0 Å². The molecule has 0 aliphatic heterocycles. The molecule has 0 saturated carbocycles. The van der Waals surface area contributed by atoms with Crippen LogP contribution >= 0.6 is 0 Å². The van der Waals surface area contributed by atoms with Gasteiger partial charge in [0.05, 0.1) is 0 Å². The van der Waals surface area contributed by atoms with E-state index in [-0.39, 0.29) is 0 Å². The van der Waals surface area contributed by atoms with Gasteiger partial charge in [-0.2, -0.15) is 0 Å². The minimum absolute atomic E-state index is 0.628. The highest BCUT2D eigenvalue weighted by atomic mass is 15.0. The van der Waals surface area contributed by atoms with Crippen molar-refractivity contribution in [2.45, 2.75) is 0 Å². The fourth-order valence-corrected chi connectivity index (χ4v) is 6.24. The van der Waals surface area contributed by atoms with E-state index in [9.17, 15) is 0 Å². The molecule has 0 unspecified atom stereocenters. The zero-order chi connectivity index (χ0) is 32.1. The molecule has 3 nitrogen and oxygen atoms in total. The summed E-state index contributed by atoms with van der Waals surface area (Å²) in [6.07, 6.45) is 0. The van der Waals surface area contributed by atoms with Crippen molar-refractivity contribution in [3.05, 3.63) is 188 Å². The van der Waals surface area contributed by atoms with Crippen molar-refractivity contribution in [2.24, 2.45) is 0 Å². The molecule has 8 aromatic rings. The van der Waals surface area contributed by atoms with Crippen LogP contribution in [0.25, 0.3) is 78.7 Å². The van der Waals surface area contributed by atoms with Crippen molar-refractivity contribution >= 4 is 0 Å². The smallest absolute Gasteiger partial charge is 0.164 e.